The van der Waals surface area contributed by atoms with Gasteiger partial charge in [0.25, 0.3) is 5.91 Å². The van der Waals surface area contributed by atoms with Gasteiger partial charge in [-0.05, 0) is 70.9 Å². The summed E-state index contributed by atoms with van der Waals surface area (Å²) < 4.78 is 11.1. The molecule has 0 aliphatic rings. The number of ether oxygens (including phenoxy) is 2. The molecular weight excluding hydrogens is 360 g/mol. The van der Waals surface area contributed by atoms with Crippen LogP contribution in [0.25, 0.3) is 0 Å². The Morgan fingerprint density at radius 1 is 1.04 bits per heavy atom. The summed E-state index contributed by atoms with van der Waals surface area (Å²) in [5.41, 5.74) is 4.63. The molecule has 23 heavy (non-hydrogen) atoms. The Labute approximate surface area is 143 Å². The van der Waals surface area contributed by atoms with Crippen LogP contribution in [0.1, 0.15) is 22.8 Å². The van der Waals surface area contributed by atoms with Gasteiger partial charge in [-0.1, -0.05) is 0 Å². The zero-order chi connectivity index (χ0) is 16.8. The third-order valence-corrected chi connectivity index (χ3v) is 3.87. The summed E-state index contributed by atoms with van der Waals surface area (Å²) >= 11 is 3.43. The Balaban J connectivity index is 2.08. The van der Waals surface area contributed by atoms with Crippen molar-refractivity contribution in [2.75, 3.05) is 14.2 Å². The molecule has 120 valence electrons. The van der Waals surface area contributed by atoms with E-state index in [2.05, 4.69) is 26.5 Å². The van der Waals surface area contributed by atoms with E-state index in [4.69, 9.17) is 9.47 Å². The smallest absolute Gasteiger partial charge is 0.271 e. The molecule has 1 amide bonds. The number of nitrogens with one attached hydrogen (secondary N) is 1. The fourth-order valence-corrected chi connectivity index (χ4v) is 2.44. The lowest BCUT2D eigenvalue weighted by Crippen LogP contribution is -2.19. The van der Waals surface area contributed by atoms with Gasteiger partial charge in [0.2, 0.25) is 0 Å². The first-order valence-corrected chi connectivity index (χ1v) is 7.67. The van der Waals surface area contributed by atoms with Crippen molar-refractivity contribution in [3.63, 3.8) is 0 Å². The van der Waals surface area contributed by atoms with Crippen LogP contribution in [-0.4, -0.2) is 25.8 Å². The van der Waals surface area contributed by atoms with Gasteiger partial charge < -0.3 is 9.47 Å². The van der Waals surface area contributed by atoms with Crippen LogP contribution in [0.3, 0.4) is 0 Å². The predicted octanol–water partition coefficient (Wildman–Crippen LogP) is 3.62. The van der Waals surface area contributed by atoms with Gasteiger partial charge in [-0.25, -0.2) is 5.43 Å². The molecule has 6 heteroatoms. The van der Waals surface area contributed by atoms with E-state index in [1.807, 2.05) is 25.1 Å². The number of hydrogen-bond donors (Lipinski definition) is 1. The number of rotatable bonds is 5. The molecule has 0 saturated heterocycles. The lowest BCUT2D eigenvalue weighted by atomic mass is 10.1. The molecule has 2 rings (SSSR count). The van der Waals surface area contributed by atoms with E-state index in [9.17, 15) is 4.79 Å². The van der Waals surface area contributed by atoms with Crippen molar-refractivity contribution >= 4 is 27.5 Å². The fraction of sp³-hybridized carbons (Fsp3) is 0.176. The van der Waals surface area contributed by atoms with Crippen molar-refractivity contribution in [1.82, 2.24) is 5.43 Å². The molecule has 0 bridgehead atoms. The summed E-state index contributed by atoms with van der Waals surface area (Å²) in [7, 11) is 3.19. The zero-order valence-electron chi connectivity index (χ0n) is 13.1. The highest BCUT2D eigenvalue weighted by atomic mass is 79.9. The minimum absolute atomic E-state index is 0.278. The number of benzene rings is 2. The molecule has 5 nitrogen and oxygen atoms in total. The van der Waals surface area contributed by atoms with Gasteiger partial charge in [0, 0.05) is 5.56 Å². The van der Waals surface area contributed by atoms with Gasteiger partial charge in [0.1, 0.15) is 11.5 Å². The number of carbonyl (C=O) groups excluding carboxylic acids is 1. The number of carbonyl (C=O) groups is 1. The Morgan fingerprint density at radius 2 is 1.70 bits per heavy atom. The van der Waals surface area contributed by atoms with Crippen LogP contribution in [0.4, 0.5) is 0 Å². The van der Waals surface area contributed by atoms with Gasteiger partial charge in [0.15, 0.2) is 0 Å². The first-order valence-electron chi connectivity index (χ1n) is 6.87. The Morgan fingerprint density at radius 3 is 2.26 bits per heavy atom. The normalized spacial score (nSPS) is 11.0. The lowest BCUT2D eigenvalue weighted by molar-refractivity contribution is 0.0955. The number of methoxy groups -OCH3 is 2. The molecule has 0 aromatic heterocycles. The number of hydrazone groups is 1. The van der Waals surface area contributed by atoms with E-state index in [-0.39, 0.29) is 5.91 Å². The summed E-state index contributed by atoms with van der Waals surface area (Å²) in [5, 5.41) is 4.13. The van der Waals surface area contributed by atoms with Gasteiger partial charge in [-0.2, -0.15) is 5.10 Å². The highest BCUT2D eigenvalue weighted by Crippen LogP contribution is 2.25. The summed E-state index contributed by atoms with van der Waals surface area (Å²) in [6.07, 6.45) is 0. The van der Waals surface area contributed by atoms with Crippen molar-refractivity contribution in [1.29, 1.82) is 0 Å². The van der Waals surface area contributed by atoms with Crippen LogP contribution >= 0.6 is 15.9 Å². The minimum atomic E-state index is -0.278. The molecular formula is C17H17BrN2O3. The Hall–Kier alpha value is -2.34. The molecule has 0 atom stereocenters. The second-order valence-electron chi connectivity index (χ2n) is 4.72. The Kier molecular flexibility index (Phi) is 5.76. The van der Waals surface area contributed by atoms with Crippen LogP contribution < -0.4 is 14.9 Å². The summed E-state index contributed by atoms with van der Waals surface area (Å²) in [4.78, 5) is 12.1. The molecule has 2 aromatic rings. The van der Waals surface area contributed by atoms with Crippen LogP contribution in [-0.2, 0) is 0 Å². The summed E-state index contributed by atoms with van der Waals surface area (Å²) in [6, 6.07) is 12.4. The van der Waals surface area contributed by atoms with E-state index < -0.39 is 0 Å². The van der Waals surface area contributed by atoms with Crippen molar-refractivity contribution in [2.24, 2.45) is 5.10 Å². The average Bonchev–Trinajstić information content (AvgIpc) is 2.59. The van der Waals surface area contributed by atoms with Crippen molar-refractivity contribution in [3.8, 4) is 11.5 Å². The fourth-order valence-electron chi connectivity index (χ4n) is 1.90. The molecule has 0 aliphatic carbocycles. The third kappa shape index (κ3) is 4.32. The molecule has 0 heterocycles. The highest BCUT2D eigenvalue weighted by Gasteiger charge is 2.07. The van der Waals surface area contributed by atoms with Crippen molar-refractivity contribution in [2.45, 2.75) is 6.92 Å². The molecule has 0 unspecified atom stereocenters. The predicted molar refractivity (Wildman–Crippen MR) is 93.4 cm³/mol. The highest BCUT2D eigenvalue weighted by molar-refractivity contribution is 9.10. The van der Waals surface area contributed by atoms with Crippen LogP contribution in [0.15, 0.2) is 52.0 Å². The zero-order valence-corrected chi connectivity index (χ0v) is 14.7. The number of nitrogens with zero attached hydrogens (tertiary/aromatic N) is 1. The standard InChI is InChI=1S/C17H17BrN2O3/c1-11(13-6-9-16(23-3)15(18)10-13)19-20-17(21)12-4-7-14(22-2)8-5-12/h4-10H,1-3H3,(H,20,21)/b19-11-. The van der Waals surface area contributed by atoms with Crippen molar-refractivity contribution < 1.29 is 14.3 Å². The largest absolute Gasteiger partial charge is 0.497 e. The van der Waals surface area contributed by atoms with Crippen LogP contribution in [0.5, 0.6) is 11.5 Å². The minimum Gasteiger partial charge on any atom is -0.497 e. The van der Waals surface area contributed by atoms with Gasteiger partial charge >= 0.3 is 0 Å². The second kappa shape index (κ2) is 7.78. The summed E-state index contributed by atoms with van der Waals surface area (Å²) in [5.74, 6) is 1.16. The van der Waals surface area contributed by atoms with Crippen molar-refractivity contribution in [3.05, 3.63) is 58.1 Å². The summed E-state index contributed by atoms with van der Waals surface area (Å²) in [6.45, 7) is 1.82. The van der Waals surface area contributed by atoms with E-state index in [1.165, 1.54) is 0 Å². The SMILES string of the molecule is COc1ccc(C(=O)N/N=C(/C)c2ccc(OC)c(Br)c2)cc1. The van der Waals surface area contributed by atoms with Crippen LogP contribution in [0, 0.1) is 0 Å². The maximum atomic E-state index is 12.1. The van der Waals surface area contributed by atoms with Gasteiger partial charge in [-0.3, -0.25) is 4.79 Å². The lowest BCUT2D eigenvalue weighted by Gasteiger charge is -2.07. The van der Waals surface area contributed by atoms with E-state index in [1.54, 1.807) is 38.5 Å². The Bertz CT molecular complexity index is 727. The number of hydrogen-bond acceptors (Lipinski definition) is 4. The number of halogens is 1. The first-order chi connectivity index (χ1) is 11.0. The molecule has 0 saturated carbocycles. The molecule has 2 aromatic carbocycles. The van der Waals surface area contributed by atoms with Gasteiger partial charge in [-0.15, -0.1) is 0 Å². The molecule has 1 N–H and O–H groups in total. The maximum Gasteiger partial charge on any atom is 0.271 e. The topological polar surface area (TPSA) is 59.9 Å². The maximum absolute atomic E-state index is 12.1. The van der Waals surface area contributed by atoms with Gasteiger partial charge in [0.05, 0.1) is 24.4 Å². The molecule has 0 radical (unpaired) electrons. The quantitative estimate of drug-likeness (QED) is 0.640. The van der Waals surface area contributed by atoms with Crippen LogP contribution in [0.2, 0.25) is 0 Å². The van der Waals surface area contributed by atoms with E-state index in [0.29, 0.717) is 17.0 Å². The first kappa shape index (κ1) is 17.0. The molecule has 0 fully saturated rings. The van der Waals surface area contributed by atoms with E-state index in [0.717, 1.165) is 15.8 Å². The average molecular weight is 377 g/mol. The molecule has 0 aliphatic heterocycles. The number of amides is 1. The third-order valence-electron chi connectivity index (χ3n) is 3.25. The second-order valence-corrected chi connectivity index (χ2v) is 5.57. The monoisotopic (exact) mass is 376 g/mol. The van der Waals surface area contributed by atoms with E-state index >= 15 is 0 Å². The molecule has 0 spiro atoms.